The van der Waals surface area contributed by atoms with Crippen molar-refractivity contribution in [2.24, 2.45) is 7.05 Å². The van der Waals surface area contributed by atoms with Gasteiger partial charge in [-0.2, -0.15) is 5.10 Å². The average molecular weight is 235 g/mol. The van der Waals surface area contributed by atoms with E-state index in [-0.39, 0.29) is 5.78 Å². The molecule has 0 unspecified atom stereocenters. The highest BCUT2D eigenvalue weighted by Crippen LogP contribution is 2.15. The number of hydrogen-bond acceptors (Lipinski definition) is 2. The number of carbonyl (C=O) groups is 1. The van der Waals surface area contributed by atoms with E-state index in [9.17, 15) is 4.79 Å². The molecule has 0 bridgehead atoms. The van der Waals surface area contributed by atoms with Crippen molar-refractivity contribution in [2.45, 2.75) is 6.92 Å². The van der Waals surface area contributed by atoms with Crippen LogP contribution in [-0.4, -0.2) is 15.6 Å². The zero-order chi connectivity index (χ0) is 11.7. The van der Waals surface area contributed by atoms with E-state index in [1.165, 1.54) is 0 Å². The number of benzene rings is 1. The minimum Gasteiger partial charge on any atom is -0.288 e. The van der Waals surface area contributed by atoms with Gasteiger partial charge in [0.05, 0.1) is 11.8 Å². The van der Waals surface area contributed by atoms with E-state index in [1.807, 2.05) is 14.0 Å². The molecule has 1 heterocycles. The van der Waals surface area contributed by atoms with E-state index in [2.05, 4.69) is 5.10 Å². The van der Waals surface area contributed by atoms with Crippen LogP contribution in [0, 0.1) is 6.92 Å². The fourth-order valence-electron chi connectivity index (χ4n) is 1.48. The molecule has 3 nitrogen and oxygen atoms in total. The van der Waals surface area contributed by atoms with Crippen LogP contribution in [0.5, 0.6) is 0 Å². The maximum Gasteiger partial charge on any atom is 0.196 e. The number of aromatic nitrogens is 2. The van der Waals surface area contributed by atoms with E-state index < -0.39 is 0 Å². The predicted molar refractivity (Wildman–Crippen MR) is 62.8 cm³/mol. The lowest BCUT2D eigenvalue weighted by atomic mass is 10.0. The Balaban J connectivity index is 2.39. The van der Waals surface area contributed by atoms with Gasteiger partial charge in [-0.05, 0) is 31.2 Å². The molecule has 0 spiro atoms. The van der Waals surface area contributed by atoms with Gasteiger partial charge in [-0.3, -0.25) is 9.48 Å². The molecule has 0 fully saturated rings. The minimum absolute atomic E-state index is 0.0257. The monoisotopic (exact) mass is 234 g/mol. The van der Waals surface area contributed by atoms with Crippen molar-refractivity contribution in [3.05, 3.63) is 52.3 Å². The molecule has 1 aromatic heterocycles. The fourth-order valence-corrected chi connectivity index (χ4v) is 1.60. The van der Waals surface area contributed by atoms with Gasteiger partial charge < -0.3 is 0 Å². The maximum absolute atomic E-state index is 12.1. The van der Waals surface area contributed by atoms with Crippen LogP contribution in [-0.2, 0) is 7.05 Å². The maximum atomic E-state index is 12.1. The topological polar surface area (TPSA) is 34.9 Å². The summed E-state index contributed by atoms with van der Waals surface area (Å²) < 4.78 is 1.68. The number of rotatable bonds is 2. The van der Waals surface area contributed by atoms with Crippen LogP contribution < -0.4 is 0 Å². The lowest BCUT2D eigenvalue weighted by Crippen LogP contribution is -2.03. The van der Waals surface area contributed by atoms with Crippen molar-refractivity contribution in [3.63, 3.8) is 0 Å². The zero-order valence-corrected chi connectivity index (χ0v) is 9.82. The summed E-state index contributed by atoms with van der Waals surface area (Å²) in [7, 11) is 1.81. The van der Waals surface area contributed by atoms with Crippen molar-refractivity contribution >= 4 is 17.4 Å². The van der Waals surface area contributed by atoms with Gasteiger partial charge in [0.2, 0.25) is 0 Å². The first kappa shape index (κ1) is 10.9. The Bertz CT molecular complexity index is 528. The van der Waals surface area contributed by atoms with Gasteiger partial charge in [0, 0.05) is 23.3 Å². The Morgan fingerprint density at radius 2 is 1.94 bits per heavy atom. The van der Waals surface area contributed by atoms with E-state index >= 15 is 0 Å². The largest absolute Gasteiger partial charge is 0.288 e. The summed E-state index contributed by atoms with van der Waals surface area (Å²) in [5.74, 6) is -0.0257. The van der Waals surface area contributed by atoms with Gasteiger partial charge in [0.15, 0.2) is 5.78 Å². The van der Waals surface area contributed by atoms with Crippen molar-refractivity contribution in [3.8, 4) is 0 Å². The summed E-state index contributed by atoms with van der Waals surface area (Å²) in [5, 5.41) is 4.67. The van der Waals surface area contributed by atoms with E-state index in [0.29, 0.717) is 16.1 Å². The van der Waals surface area contributed by atoms with Crippen molar-refractivity contribution < 1.29 is 4.79 Å². The average Bonchev–Trinajstić information content (AvgIpc) is 2.60. The van der Waals surface area contributed by atoms with Gasteiger partial charge >= 0.3 is 0 Å². The van der Waals surface area contributed by atoms with Gasteiger partial charge in [0.1, 0.15) is 0 Å². The van der Waals surface area contributed by atoms with Gasteiger partial charge in [-0.1, -0.05) is 11.6 Å². The molecule has 82 valence electrons. The first-order valence-electron chi connectivity index (χ1n) is 4.88. The SMILES string of the molecule is Cc1c(C(=O)c2ccc(Cl)cc2)cnn1C. The molecular formula is C12H11ClN2O. The zero-order valence-electron chi connectivity index (χ0n) is 9.07. The third-order valence-corrected chi connectivity index (χ3v) is 2.84. The molecule has 4 heteroatoms. The number of nitrogens with zero attached hydrogens (tertiary/aromatic N) is 2. The predicted octanol–water partition coefficient (Wildman–Crippen LogP) is 2.61. The lowest BCUT2D eigenvalue weighted by Gasteiger charge is -2.00. The second kappa shape index (κ2) is 4.10. The van der Waals surface area contributed by atoms with E-state index in [0.717, 1.165) is 5.69 Å². The third kappa shape index (κ3) is 1.86. The van der Waals surface area contributed by atoms with Crippen LogP contribution in [0.4, 0.5) is 0 Å². The smallest absolute Gasteiger partial charge is 0.196 e. The van der Waals surface area contributed by atoms with Gasteiger partial charge in [-0.25, -0.2) is 0 Å². The molecular weight excluding hydrogens is 224 g/mol. The standard InChI is InChI=1S/C12H11ClN2O/c1-8-11(7-14-15(8)2)12(16)9-3-5-10(13)6-4-9/h3-7H,1-2H3. The molecule has 0 aliphatic carbocycles. The Labute approximate surface area is 98.7 Å². The summed E-state index contributed by atoms with van der Waals surface area (Å²) in [6.07, 6.45) is 1.59. The first-order valence-corrected chi connectivity index (χ1v) is 5.26. The highest BCUT2D eigenvalue weighted by molar-refractivity contribution is 6.30. The fraction of sp³-hybridized carbons (Fsp3) is 0.167. The molecule has 0 amide bonds. The Morgan fingerprint density at radius 3 is 2.44 bits per heavy atom. The molecule has 0 saturated heterocycles. The number of carbonyl (C=O) groups excluding carboxylic acids is 1. The van der Waals surface area contributed by atoms with Crippen LogP contribution in [0.25, 0.3) is 0 Å². The van der Waals surface area contributed by atoms with Crippen LogP contribution in [0.1, 0.15) is 21.6 Å². The summed E-state index contributed by atoms with van der Waals surface area (Å²) >= 11 is 5.77. The number of halogens is 1. The van der Waals surface area contributed by atoms with Gasteiger partial charge in [-0.15, -0.1) is 0 Å². The van der Waals surface area contributed by atoms with E-state index in [4.69, 9.17) is 11.6 Å². The molecule has 0 aliphatic rings. The highest BCUT2D eigenvalue weighted by atomic mass is 35.5. The van der Waals surface area contributed by atoms with Crippen LogP contribution >= 0.6 is 11.6 Å². The number of aryl methyl sites for hydroxylation is 1. The van der Waals surface area contributed by atoms with Crippen LogP contribution in [0.3, 0.4) is 0 Å². The van der Waals surface area contributed by atoms with Crippen molar-refractivity contribution in [1.82, 2.24) is 9.78 Å². The van der Waals surface area contributed by atoms with Crippen LogP contribution in [0.2, 0.25) is 5.02 Å². The van der Waals surface area contributed by atoms with E-state index in [1.54, 1.807) is 35.1 Å². The normalized spacial score (nSPS) is 10.4. The second-order valence-corrected chi connectivity index (χ2v) is 4.04. The summed E-state index contributed by atoms with van der Waals surface area (Å²) in [6, 6.07) is 6.86. The molecule has 1 aromatic carbocycles. The Kier molecular flexibility index (Phi) is 2.79. The number of ketones is 1. The molecule has 0 N–H and O–H groups in total. The Hall–Kier alpha value is -1.61. The molecule has 0 aliphatic heterocycles. The molecule has 0 radical (unpaired) electrons. The second-order valence-electron chi connectivity index (χ2n) is 3.60. The highest BCUT2D eigenvalue weighted by Gasteiger charge is 2.14. The lowest BCUT2D eigenvalue weighted by molar-refractivity contribution is 0.103. The summed E-state index contributed by atoms with van der Waals surface area (Å²) in [4.78, 5) is 12.1. The van der Waals surface area contributed by atoms with Crippen LogP contribution in [0.15, 0.2) is 30.5 Å². The minimum atomic E-state index is -0.0257. The van der Waals surface area contributed by atoms with Crippen molar-refractivity contribution in [2.75, 3.05) is 0 Å². The molecule has 16 heavy (non-hydrogen) atoms. The molecule has 2 rings (SSSR count). The Morgan fingerprint density at radius 1 is 1.31 bits per heavy atom. The van der Waals surface area contributed by atoms with Gasteiger partial charge in [0.25, 0.3) is 0 Å². The molecule has 0 saturated carbocycles. The molecule has 2 aromatic rings. The quantitative estimate of drug-likeness (QED) is 0.749. The first-order chi connectivity index (χ1) is 7.59. The molecule has 0 atom stereocenters. The van der Waals surface area contributed by atoms with Crippen molar-refractivity contribution in [1.29, 1.82) is 0 Å². The summed E-state index contributed by atoms with van der Waals surface area (Å²) in [6.45, 7) is 1.87. The summed E-state index contributed by atoms with van der Waals surface area (Å²) in [5.41, 5.74) is 2.12. The number of hydrogen-bond donors (Lipinski definition) is 0. The third-order valence-electron chi connectivity index (χ3n) is 2.59.